The van der Waals surface area contributed by atoms with Gasteiger partial charge in [0.2, 0.25) is 5.91 Å². The number of hydrogen-bond donors (Lipinski definition) is 1. The Bertz CT molecular complexity index is 980. The second kappa shape index (κ2) is 8.21. The molecule has 0 aliphatic heterocycles. The minimum atomic E-state index is -0.331. The molecule has 0 atom stereocenters. The zero-order chi connectivity index (χ0) is 19.4. The van der Waals surface area contributed by atoms with E-state index in [0.29, 0.717) is 29.6 Å². The maximum absolute atomic E-state index is 12.3. The first-order valence-electron chi connectivity index (χ1n) is 8.53. The lowest BCUT2D eigenvalue weighted by molar-refractivity contribution is -0.142. The third-order valence-electron chi connectivity index (χ3n) is 4.02. The number of thiazole rings is 1. The Kier molecular flexibility index (Phi) is 5.75. The van der Waals surface area contributed by atoms with Crippen LogP contribution >= 0.6 is 11.3 Å². The van der Waals surface area contributed by atoms with Crippen molar-refractivity contribution in [2.45, 2.75) is 40.0 Å². The van der Waals surface area contributed by atoms with Gasteiger partial charge in [0.05, 0.1) is 18.7 Å². The lowest BCUT2D eigenvalue weighted by atomic mass is 10.1. The van der Waals surface area contributed by atoms with E-state index >= 15 is 0 Å². The van der Waals surface area contributed by atoms with E-state index in [1.54, 1.807) is 16.8 Å². The van der Waals surface area contributed by atoms with E-state index in [4.69, 9.17) is 4.74 Å². The lowest BCUT2D eigenvalue weighted by Gasteiger charge is -2.10. The molecule has 0 aromatic carbocycles. The third-order valence-corrected chi connectivity index (χ3v) is 4.83. The van der Waals surface area contributed by atoms with Gasteiger partial charge in [0.25, 0.3) is 5.78 Å². The van der Waals surface area contributed by atoms with Crippen LogP contribution in [0.5, 0.6) is 0 Å². The standard InChI is InChI=1S/C17H20N6O3S/c1-4-26-15(25)7-12-8-27-17(21-12)22-14(24)6-5-13-10(2)20-16-18-9-19-23(16)11(13)3/h8-9H,4-7H2,1-3H3,(H,21,22,24). The molecule has 0 radical (unpaired) electrons. The van der Waals surface area contributed by atoms with Gasteiger partial charge in [-0.1, -0.05) is 0 Å². The van der Waals surface area contributed by atoms with Gasteiger partial charge in [-0.05, 0) is 32.8 Å². The average molecular weight is 388 g/mol. The van der Waals surface area contributed by atoms with Crippen LogP contribution in [-0.4, -0.2) is 43.0 Å². The highest BCUT2D eigenvalue weighted by atomic mass is 32.1. The Morgan fingerprint density at radius 1 is 1.30 bits per heavy atom. The molecular formula is C17H20N6O3S. The molecule has 0 spiro atoms. The Balaban J connectivity index is 1.59. The van der Waals surface area contributed by atoms with Gasteiger partial charge in [0.15, 0.2) is 5.13 Å². The van der Waals surface area contributed by atoms with Crippen molar-refractivity contribution < 1.29 is 14.3 Å². The van der Waals surface area contributed by atoms with Crippen molar-refractivity contribution in [3.63, 3.8) is 0 Å². The molecule has 10 heteroatoms. The lowest BCUT2D eigenvalue weighted by Crippen LogP contribution is -2.14. The molecule has 0 bridgehead atoms. The van der Waals surface area contributed by atoms with Gasteiger partial charge in [-0.25, -0.2) is 14.5 Å². The molecule has 0 fully saturated rings. The molecular weight excluding hydrogens is 368 g/mol. The smallest absolute Gasteiger partial charge is 0.311 e. The van der Waals surface area contributed by atoms with Gasteiger partial charge in [0.1, 0.15) is 6.33 Å². The fraction of sp³-hybridized carbons (Fsp3) is 0.412. The normalized spacial score (nSPS) is 10.9. The molecule has 0 unspecified atom stereocenters. The van der Waals surface area contributed by atoms with E-state index in [-0.39, 0.29) is 24.7 Å². The molecule has 3 aromatic heterocycles. The number of ether oxygens (including phenoxy) is 1. The van der Waals surface area contributed by atoms with E-state index in [2.05, 4.69) is 25.4 Å². The molecule has 1 N–H and O–H groups in total. The molecule has 0 saturated heterocycles. The second-order valence-corrected chi connectivity index (χ2v) is 6.77. The summed E-state index contributed by atoms with van der Waals surface area (Å²) in [6.45, 7) is 5.92. The number of fused-ring (bicyclic) bond motifs is 1. The van der Waals surface area contributed by atoms with Crippen LogP contribution in [0.15, 0.2) is 11.7 Å². The second-order valence-electron chi connectivity index (χ2n) is 5.91. The molecule has 3 aromatic rings. The molecule has 0 saturated carbocycles. The summed E-state index contributed by atoms with van der Waals surface area (Å²) >= 11 is 1.28. The number of aryl methyl sites for hydroxylation is 2. The van der Waals surface area contributed by atoms with Gasteiger partial charge >= 0.3 is 5.97 Å². The monoisotopic (exact) mass is 388 g/mol. The van der Waals surface area contributed by atoms with Crippen LogP contribution in [0, 0.1) is 13.8 Å². The average Bonchev–Trinajstić information content (AvgIpc) is 3.24. The van der Waals surface area contributed by atoms with Gasteiger partial charge in [-0.3, -0.25) is 9.59 Å². The summed E-state index contributed by atoms with van der Waals surface area (Å²) in [5.74, 6) is 0.0715. The minimum Gasteiger partial charge on any atom is -0.466 e. The molecule has 1 amide bonds. The molecule has 0 aliphatic rings. The summed E-state index contributed by atoms with van der Waals surface area (Å²) in [7, 11) is 0. The van der Waals surface area contributed by atoms with E-state index in [1.807, 2.05) is 13.8 Å². The van der Waals surface area contributed by atoms with Crippen LogP contribution in [0.3, 0.4) is 0 Å². The van der Waals surface area contributed by atoms with Crippen LogP contribution in [-0.2, 0) is 27.2 Å². The summed E-state index contributed by atoms with van der Waals surface area (Å²) < 4.78 is 6.56. The number of amides is 1. The summed E-state index contributed by atoms with van der Waals surface area (Å²) in [5, 5.41) is 9.13. The van der Waals surface area contributed by atoms with Crippen molar-refractivity contribution in [1.82, 2.24) is 24.6 Å². The number of carbonyl (C=O) groups is 2. The highest BCUT2D eigenvalue weighted by Gasteiger charge is 2.14. The predicted molar refractivity (Wildman–Crippen MR) is 99.7 cm³/mol. The number of anilines is 1. The fourth-order valence-electron chi connectivity index (χ4n) is 2.74. The van der Waals surface area contributed by atoms with Crippen LogP contribution in [0.4, 0.5) is 5.13 Å². The first-order chi connectivity index (χ1) is 13.0. The summed E-state index contributed by atoms with van der Waals surface area (Å²) in [6.07, 6.45) is 2.38. The maximum Gasteiger partial charge on any atom is 0.311 e. The first kappa shape index (κ1) is 18.9. The number of esters is 1. The van der Waals surface area contributed by atoms with Gasteiger partial charge in [0, 0.05) is 23.2 Å². The quantitative estimate of drug-likeness (QED) is 0.615. The number of aromatic nitrogens is 5. The highest BCUT2D eigenvalue weighted by Crippen LogP contribution is 2.18. The minimum absolute atomic E-state index is 0.0994. The molecule has 0 aliphatic carbocycles. The highest BCUT2D eigenvalue weighted by molar-refractivity contribution is 7.13. The third kappa shape index (κ3) is 4.45. The van der Waals surface area contributed by atoms with Gasteiger partial charge in [-0.2, -0.15) is 10.1 Å². The van der Waals surface area contributed by atoms with Crippen LogP contribution in [0.2, 0.25) is 0 Å². The van der Waals surface area contributed by atoms with Crippen LogP contribution < -0.4 is 5.32 Å². The number of hydrogen-bond acceptors (Lipinski definition) is 8. The van der Waals surface area contributed by atoms with E-state index in [9.17, 15) is 9.59 Å². The number of nitrogens with one attached hydrogen (secondary N) is 1. The summed E-state index contributed by atoms with van der Waals surface area (Å²) in [4.78, 5) is 36.5. The van der Waals surface area contributed by atoms with Crippen molar-refractivity contribution in [3.05, 3.63) is 34.4 Å². The first-order valence-corrected chi connectivity index (χ1v) is 9.41. The van der Waals surface area contributed by atoms with E-state index in [1.165, 1.54) is 17.7 Å². The molecule has 3 rings (SSSR count). The van der Waals surface area contributed by atoms with E-state index < -0.39 is 0 Å². The molecule has 142 valence electrons. The van der Waals surface area contributed by atoms with Crippen molar-refractivity contribution in [2.24, 2.45) is 0 Å². The van der Waals surface area contributed by atoms with Gasteiger partial charge < -0.3 is 10.1 Å². The SMILES string of the molecule is CCOC(=O)Cc1csc(NC(=O)CCc2c(C)nc3ncnn3c2C)n1. The fourth-order valence-corrected chi connectivity index (χ4v) is 3.47. The Morgan fingerprint density at radius 2 is 2.11 bits per heavy atom. The van der Waals surface area contributed by atoms with Crippen molar-refractivity contribution >= 4 is 34.1 Å². The van der Waals surface area contributed by atoms with Crippen molar-refractivity contribution in [2.75, 3.05) is 11.9 Å². The Hall–Kier alpha value is -2.88. The topological polar surface area (TPSA) is 111 Å². The summed E-state index contributed by atoms with van der Waals surface area (Å²) in [6, 6.07) is 0. The summed E-state index contributed by atoms with van der Waals surface area (Å²) in [5.41, 5.74) is 3.33. The van der Waals surface area contributed by atoms with Crippen molar-refractivity contribution in [1.29, 1.82) is 0 Å². The molecule has 27 heavy (non-hydrogen) atoms. The van der Waals surface area contributed by atoms with Gasteiger partial charge in [-0.15, -0.1) is 11.3 Å². The number of nitrogens with zero attached hydrogens (tertiary/aromatic N) is 5. The largest absolute Gasteiger partial charge is 0.466 e. The molecule has 3 heterocycles. The maximum atomic E-state index is 12.3. The number of carbonyl (C=O) groups excluding carboxylic acids is 2. The van der Waals surface area contributed by atoms with Crippen LogP contribution in [0.1, 0.15) is 36.0 Å². The van der Waals surface area contributed by atoms with E-state index in [0.717, 1.165) is 17.0 Å². The predicted octanol–water partition coefficient (Wildman–Crippen LogP) is 1.87. The Morgan fingerprint density at radius 3 is 2.89 bits per heavy atom. The van der Waals surface area contributed by atoms with Crippen molar-refractivity contribution in [3.8, 4) is 0 Å². The zero-order valence-corrected chi connectivity index (χ0v) is 16.2. The number of rotatable bonds is 7. The Labute approximate surface area is 159 Å². The zero-order valence-electron chi connectivity index (χ0n) is 15.4. The molecule has 9 nitrogen and oxygen atoms in total. The van der Waals surface area contributed by atoms with Crippen LogP contribution in [0.25, 0.3) is 5.78 Å².